The zero-order chi connectivity index (χ0) is 10.1. The normalized spacial score (nSPS) is 11.6. The second kappa shape index (κ2) is 3.86. The van der Waals surface area contributed by atoms with Crippen LogP contribution in [0.1, 0.15) is 5.56 Å². The van der Waals surface area contributed by atoms with Gasteiger partial charge in [-0.2, -0.15) is 0 Å². The molecule has 1 rings (SSSR count). The van der Waals surface area contributed by atoms with E-state index in [1.165, 1.54) is 0 Å². The Morgan fingerprint density at radius 2 is 1.92 bits per heavy atom. The van der Waals surface area contributed by atoms with Gasteiger partial charge in [0.1, 0.15) is 0 Å². The molecule has 0 aliphatic rings. The van der Waals surface area contributed by atoms with E-state index in [0.29, 0.717) is 15.6 Å². The summed E-state index contributed by atoms with van der Waals surface area (Å²) in [4.78, 5) is 0. The summed E-state index contributed by atoms with van der Waals surface area (Å²) >= 11 is 11.5. The van der Waals surface area contributed by atoms with Crippen molar-refractivity contribution in [1.82, 2.24) is 0 Å². The second-order valence-electron chi connectivity index (χ2n) is 2.78. The molecule has 1 aromatic carbocycles. The van der Waals surface area contributed by atoms with E-state index in [0.717, 1.165) is 6.26 Å². The van der Waals surface area contributed by atoms with Crippen LogP contribution in [-0.2, 0) is 15.6 Å². The maximum absolute atomic E-state index is 11.0. The summed E-state index contributed by atoms with van der Waals surface area (Å²) in [5, 5.41) is 0.692. The minimum atomic E-state index is -3.06. The quantitative estimate of drug-likeness (QED) is 0.794. The van der Waals surface area contributed by atoms with Crippen LogP contribution in [0.25, 0.3) is 0 Å². The molecule has 0 radical (unpaired) electrons. The maximum Gasteiger partial charge on any atom is 0.151 e. The van der Waals surface area contributed by atoms with Gasteiger partial charge in [-0.1, -0.05) is 35.3 Å². The molecule has 0 amide bonds. The lowest BCUT2D eigenvalue weighted by Crippen LogP contribution is -2.01. The van der Waals surface area contributed by atoms with Gasteiger partial charge in [-0.3, -0.25) is 0 Å². The minimum absolute atomic E-state index is 0.0770. The molecule has 0 atom stereocenters. The van der Waals surface area contributed by atoms with E-state index in [9.17, 15) is 8.42 Å². The highest BCUT2D eigenvalue weighted by Gasteiger charge is 2.09. The average Bonchev–Trinajstić information content (AvgIpc) is 1.96. The second-order valence-corrected chi connectivity index (χ2v) is 5.71. The van der Waals surface area contributed by atoms with Crippen molar-refractivity contribution in [2.24, 2.45) is 0 Å². The Morgan fingerprint density at radius 1 is 1.31 bits per heavy atom. The first kappa shape index (κ1) is 10.8. The number of hydrogen-bond acceptors (Lipinski definition) is 2. The van der Waals surface area contributed by atoms with Crippen LogP contribution < -0.4 is 0 Å². The Labute approximate surface area is 87.4 Å². The van der Waals surface area contributed by atoms with Crippen molar-refractivity contribution >= 4 is 33.0 Å². The molecular formula is C8H8Cl2O2S. The summed E-state index contributed by atoms with van der Waals surface area (Å²) < 4.78 is 21.9. The van der Waals surface area contributed by atoms with Crippen molar-refractivity contribution in [2.45, 2.75) is 5.75 Å². The predicted molar refractivity (Wildman–Crippen MR) is 55.0 cm³/mol. The Morgan fingerprint density at radius 3 is 2.46 bits per heavy atom. The first-order chi connectivity index (χ1) is 5.90. The standard InChI is InChI=1S/C8H8Cl2O2S/c1-13(11,12)5-6-3-2-4-7(9)8(6)10/h2-4H,5H2,1H3. The summed E-state index contributed by atoms with van der Waals surface area (Å²) in [7, 11) is -3.06. The predicted octanol–water partition coefficient (Wildman–Crippen LogP) is 2.54. The molecule has 0 saturated carbocycles. The van der Waals surface area contributed by atoms with Gasteiger partial charge in [0, 0.05) is 6.26 Å². The Balaban J connectivity index is 3.10. The summed E-state index contributed by atoms with van der Waals surface area (Å²) in [6.45, 7) is 0. The van der Waals surface area contributed by atoms with Crippen molar-refractivity contribution in [3.8, 4) is 0 Å². The molecule has 5 heteroatoms. The molecule has 0 spiro atoms. The summed E-state index contributed by atoms with van der Waals surface area (Å²) in [5.74, 6) is -0.0770. The lowest BCUT2D eigenvalue weighted by molar-refractivity contribution is 0.601. The molecule has 0 fully saturated rings. The van der Waals surface area contributed by atoms with E-state index in [-0.39, 0.29) is 5.75 Å². The van der Waals surface area contributed by atoms with Crippen LogP contribution in [0.5, 0.6) is 0 Å². The van der Waals surface area contributed by atoms with Gasteiger partial charge in [-0.05, 0) is 11.6 Å². The van der Waals surface area contributed by atoms with E-state index in [2.05, 4.69) is 0 Å². The van der Waals surface area contributed by atoms with E-state index >= 15 is 0 Å². The third-order valence-corrected chi connectivity index (χ3v) is 3.14. The van der Waals surface area contributed by atoms with Crippen molar-refractivity contribution in [3.63, 3.8) is 0 Å². The van der Waals surface area contributed by atoms with Crippen LogP contribution >= 0.6 is 23.2 Å². The number of benzene rings is 1. The highest BCUT2D eigenvalue weighted by Crippen LogP contribution is 2.26. The molecule has 2 nitrogen and oxygen atoms in total. The number of hydrogen-bond donors (Lipinski definition) is 0. The lowest BCUT2D eigenvalue weighted by Gasteiger charge is -2.03. The number of rotatable bonds is 2. The molecule has 0 heterocycles. The van der Waals surface area contributed by atoms with Crippen LogP contribution in [0, 0.1) is 0 Å². The molecule has 0 bridgehead atoms. The third-order valence-electron chi connectivity index (χ3n) is 1.45. The van der Waals surface area contributed by atoms with Gasteiger partial charge in [-0.25, -0.2) is 8.42 Å². The van der Waals surface area contributed by atoms with Gasteiger partial charge >= 0.3 is 0 Å². The zero-order valence-corrected chi connectivity index (χ0v) is 9.25. The molecule has 1 aromatic rings. The van der Waals surface area contributed by atoms with Crippen molar-refractivity contribution in [2.75, 3.05) is 6.26 Å². The fourth-order valence-electron chi connectivity index (χ4n) is 0.942. The van der Waals surface area contributed by atoms with Crippen LogP contribution in [0.4, 0.5) is 0 Å². The Hall–Kier alpha value is -0.250. The highest BCUT2D eigenvalue weighted by molar-refractivity contribution is 7.89. The monoisotopic (exact) mass is 238 g/mol. The molecule has 0 aliphatic carbocycles. The maximum atomic E-state index is 11.0. The van der Waals surface area contributed by atoms with Gasteiger partial charge in [-0.15, -0.1) is 0 Å². The van der Waals surface area contributed by atoms with E-state index < -0.39 is 9.84 Å². The summed E-state index contributed by atoms with van der Waals surface area (Å²) in [6, 6.07) is 4.94. The first-order valence-corrected chi connectivity index (χ1v) is 6.32. The van der Waals surface area contributed by atoms with E-state index in [1.54, 1.807) is 18.2 Å². The first-order valence-electron chi connectivity index (χ1n) is 3.51. The van der Waals surface area contributed by atoms with Crippen molar-refractivity contribution < 1.29 is 8.42 Å². The van der Waals surface area contributed by atoms with Crippen LogP contribution in [0.3, 0.4) is 0 Å². The molecule has 0 aliphatic heterocycles. The van der Waals surface area contributed by atoms with Crippen molar-refractivity contribution in [1.29, 1.82) is 0 Å². The van der Waals surface area contributed by atoms with Crippen LogP contribution in [0.15, 0.2) is 18.2 Å². The topological polar surface area (TPSA) is 34.1 Å². The lowest BCUT2D eigenvalue weighted by atomic mass is 10.2. The van der Waals surface area contributed by atoms with E-state index in [4.69, 9.17) is 23.2 Å². The zero-order valence-electron chi connectivity index (χ0n) is 6.92. The smallest absolute Gasteiger partial charge is 0.151 e. The summed E-state index contributed by atoms with van der Waals surface area (Å²) in [5.41, 5.74) is 0.539. The van der Waals surface area contributed by atoms with E-state index in [1.807, 2.05) is 0 Å². The Kier molecular flexibility index (Phi) is 3.22. The van der Waals surface area contributed by atoms with Crippen LogP contribution in [-0.4, -0.2) is 14.7 Å². The number of halogens is 2. The molecular weight excluding hydrogens is 231 g/mol. The van der Waals surface area contributed by atoms with Gasteiger partial charge in [0.2, 0.25) is 0 Å². The summed E-state index contributed by atoms with van der Waals surface area (Å²) in [6.07, 6.45) is 1.16. The van der Waals surface area contributed by atoms with Crippen LogP contribution in [0.2, 0.25) is 10.0 Å². The minimum Gasteiger partial charge on any atom is -0.229 e. The molecule has 72 valence electrons. The van der Waals surface area contributed by atoms with Gasteiger partial charge in [0.15, 0.2) is 9.84 Å². The largest absolute Gasteiger partial charge is 0.229 e. The highest BCUT2D eigenvalue weighted by atomic mass is 35.5. The van der Waals surface area contributed by atoms with Gasteiger partial charge in [0.25, 0.3) is 0 Å². The fraction of sp³-hybridized carbons (Fsp3) is 0.250. The molecule has 0 saturated heterocycles. The molecule has 0 N–H and O–H groups in total. The molecule has 0 unspecified atom stereocenters. The fourth-order valence-corrected chi connectivity index (χ4v) is 2.21. The van der Waals surface area contributed by atoms with Gasteiger partial charge in [0.05, 0.1) is 15.8 Å². The SMILES string of the molecule is CS(=O)(=O)Cc1cccc(Cl)c1Cl. The number of sulfone groups is 1. The molecule has 13 heavy (non-hydrogen) atoms. The third kappa shape index (κ3) is 3.18. The van der Waals surface area contributed by atoms with Gasteiger partial charge < -0.3 is 0 Å². The van der Waals surface area contributed by atoms with Crippen molar-refractivity contribution in [3.05, 3.63) is 33.8 Å². The Bertz CT molecular complexity index is 412. The molecule has 0 aromatic heterocycles. The average molecular weight is 239 g/mol.